The van der Waals surface area contributed by atoms with Gasteiger partial charge in [-0.05, 0) is 36.5 Å². The Hall–Kier alpha value is -2.04. The Labute approximate surface area is 169 Å². The summed E-state index contributed by atoms with van der Waals surface area (Å²) in [5.74, 6) is 0.454. The Morgan fingerprint density at radius 2 is 2.04 bits per heavy atom. The summed E-state index contributed by atoms with van der Waals surface area (Å²) < 4.78 is 27.2. The summed E-state index contributed by atoms with van der Waals surface area (Å²) in [7, 11) is -3.78. The number of carbonyl (C=O) groups is 1. The van der Waals surface area contributed by atoms with Gasteiger partial charge in [-0.1, -0.05) is 37.3 Å². The molecule has 2 heterocycles. The van der Waals surface area contributed by atoms with Crippen molar-refractivity contribution in [3.63, 3.8) is 0 Å². The summed E-state index contributed by atoms with van der Waals surface area (Å²) in [5.41, 5.74) is 2.03. The monoisotopic (exact) mass is 423 g/mol. The molecule has 1 amide bonds. The molecule has 0 spiro atoms. The Balaban J connectivity index is 1.59. The Morgan fingerprint density at radius 1 is 1.29 bits per heavy atom. The molecule has 1 aliphatic heterocycles. The lowest BCUT2D eigenvalue weighted by atomic mass is 9.99. The van der Waals surface area contributed by atoms with Crippen LogP contribution in [0.25, 0.3) is 0 Å². The number of rotatable bonds is 7. The van der Waals surface area contributed by atoms with Gasteiger partial charge in [0.15, 0.2) is 0 Å². The normalized spacial score (nSPS) is 17.5. The first-order chi connectivity index (χ1) is 13.4. The van der Waals surface area contributed by atoms with E-state index in [4.69, 9.17) is 0 Å². The molecule has 1 fully saturated rings. The average molecular weight is 424 g/mol. The summed E-state index contributed by atoms with van der Waals surface area (Å²) in [6, 6.07) is 7.93. The zero-order valence-corrected chi connectivity index (χ0v) is 17.6. The van der Waals surface area contributed by atoms with Crippen molar-refractivity contribution in [3.8, 4) is 0 Å². The van der Waals surface area contributed by atoms with Gasteiger partial charge in [-0.2, -0.15) is 0 Å². The van der Waals surface area contributed by atoms with Crippen LogP contribution in [-0.4, -0.2) is 37.6 Å². The van der Waals surface area contributed by atoms with E-state index in [0.29, 0.717) is 5.92 Å². The Bertz CT molecular complexity index is 912. The summed E-state index contributed by atoms with van der Waals surface area (Å²) in [4.78, 5) is 13.7. The minimum atomic E-state index is -3.78. The van der Waals surface area contributed by atoms with Gasteiger partial charge in [-0.3, -0.25) is 4.79 Å². The maximum Gasteiger partial charge on any atom is 0.270 e. The fraction of sp³-hybridized carbons (Fsp3) is 0.500. The van der Waals surface area contributed by atoms with E-state index in [1.54, 1.807) is 6.92 Å². The molecule has 1 atom stereocenters. The second kappa shape index (κ2) is 8.97. The lowest BCUT2D eigenvalue weighted by Crippen LogP contribution is -2.34. The SMILES string of the molecule is CCC(=O)Nc1nnc(S(=O)(=O)NCc2ccc(N3CCC[C@@H](C)C3)cc2)s1. The topological polar surface area (TPSA) is 104 Å². The predicted molar refractivity (Wildman–Crippen MR) is 110 cm³/mol. The molecular formula is C18H25N5O3S2. The van der Waals surface area contributed by atoms with Crippen molar-refractivity contribution < 1.29 is 13.2 Å². The highest BCUT2D eigenvalue weighted by molar-refractivity contribution is 7.91. The highest BCUT2D eigenvalue weighted by atomic mass is 32.2. The average Bonchev–Trinajstić information content (AvgIpc) is 3.16. The molecule has 3 rings (SSSR count). The van der Waals surface area contributed by atoms with Crippen molar-refractivity contribution in [1.29, 1.82) is 0 Å². The molecule has 0 radical (unpaired) electrons. The molecule has 0 unspecified atom stereocenters. The van der Waals surface area contributed by atoms with E-state index in [-0.39, 0.29) is 28.3 Å². The number of hydrogen-bond acceptors (Lipinski definition) is 7. The third kappa shape index (κ3) is 5.27. The van der Waals surface area contributed by atoms with Gasteiger partial charge in [-0.25, -0.2) is 13.1 Å². The number of hydrogen-bond donors (Lipinski definition) is 2. The first kappa shape index (κ1) is 20.7. The molecule has 1 saturated heterocycles. The highest BCUT2D eigenvalue weighted by Gasteiger charge is 2.21. The largest absolute Gasteiger partial charge is 0.371 e. The standard InChI is InChI=1S/C18H25N5O3S2/c1-3-16(24)20-17-21-22-18(27-17)28(25,26)19-11-14-6-8-15(9-7-14)23-10-4-5-13(2)12-23/h6-9,13,19H,3-5,10-12H2,1-2H3,(H,20,21,24)/t13-/m1/s1. The first-order valence-electron chi connectivity index (χ1n) is 9.34. The Morgan fingerprint density at radius 3 is 2.71 bits per heavy atom. The molecule has 2 aromatic rings. The van der Waals surface area contributed by atoms with Crippen LogP contribution in [0.2, 0.25) is 0 Å². The van der Waals surface area contributed by atoms with Crippen LogP contribution >= 0.6 is 11.3 Å². The van der Waals surface area contributed by atoms with Crippen molar-refractivity contribution in [3.05, 3.63) is 29.8 Å². The second-order valence-electron chi connectivity index (χ2n) is 6.96. The molecule has 152 valence electrons. The van der Waals surface area contributed by atoms with E-state index in [0.717, 1.165) is 30.0 Å². The minimum Gasteiger partial charge on any atom is -0.371 e. The van der Waals surface area contributed by atoms with Gasteiger partial charge in [0.1, 0.15) is 0 Å². The summed E-state index contributed by atoms with van der Waals surface area (Å²) in [5, 5.41) is 10.1. The molecule has 10 heteroatoms. The number of aromatic nitrogens is 2. The van der Waals surface area contributed by atoms with Crippen molar-refractivity contribution in [1.82, 2.24) is 14.9 Å². The fourth-order valence-electron chi connectivity index (χ4n) is 3.07. The van der Waals surface area contributed by atoms with E-state index in [1.807, 2.05) is 24.3 Å². The molecule has 0 aliphatic carbocycles. The van der Waals surface area contributed by atoms with Gasteiger partial charge in [0, 0.05) is 31.7 Å². The number of sulfonamides is 1. The van der Waals surface area contributed by atoms with E-state index in [9.17, 15) is 13.2 Å². The fourth-order valence-corrected chi connectivity index (χ4v) is 5.04. The molecule has 0 saturated carbocycles. The lowest BCUT2D eigenvalue weighted by molar-refractivity contribution is -0.115. The number of nitrogens with one attached hydrogen (secondary N) is 2. The number of anilines is 2. The van der Waals surface area contributed by atoms with Gasteiger partial charge in [0.05, 0.1) is 0 Å². The van der Waals surface area contributed by atoms with Crippen LogP contribution in [-0.2, 0) is 21.4 Å². The maximum atomic E-state index is 12.4. The number of carbonyl (C=O) groups excluding carboxylic acids is 1. The number of benzene rings is 1. The maximum absolute atomic E-state index is 12.4. The van der Waals surface area contributed by atoms with Gasteiger partial charge in [0.25, 0.3) is 10.0 Å². The summed E-state index contributed by atoms with van der Waals surface area (Å²) in [6.45, 7) is 6.24. The van der Waals surface area contributed by atoms with Crippen LogP contribution in [0.3, 0.4) is 0 Å². The van der Waals surface area contributed by atoms with Gasteiger partial charge in [0.2, 0.25) is 15.4 Å². The molecule has 0 bridgehead atoms. The van der Waals surface area contributed by atoms with Crippen molar-refractivity contribution >= 4 is 38.1 Å². The van der Waals surface area contributed by atoms with E-state index in [2.05, 4.69) is 32.1 Å². The molecule has 8 nitrogen and oxygen atoms in total. The van der Waals surface area contributed by atoms with Gasteiger partial charge in [-0.15, -0.1) is 10.2 Å². The smallest absolute Gasteiger partial charge is 0.270 e. The predicted octanol–water partition coefficient (Wildman–Crippen LogP) is 2.60. The lowest BCUT2D eigenvalue weighted by Gasteiger charge is -2.32. The number of piperidine rings is 1. The van der Waals surface area contributed by atoms with Crippen LogP contribution in [0.4, 0.5) is 10.8 Å². The summed E-state index contributed by atoms with van der Waals surface area (Å²) >= 11 is 0.829. The van der Waals surface area contributed by atoms with Crippen LogP contribution in [0.1, 0.15) is 38.7 Å². The van der Waals surface area contributed by atoms with Crippen molar-refractivity contribution in [2.75, 3.05) is 23.3 Å². The zero-order valence-electron chi connectivity index (χ0n) is 16.0. The molecule has 1 aromatic carbocycles. The third-order valence-electron chi connectivity index (χ3n) is 4.63. The third-order valence-corrected chi connectivity index (χ3v) is 7.24. The second-order valence-corrected chi connectivity index (χ2v) is 9.88. The highest BCUT2D eigenvalue weighted by Crippen LogP contribution is 2.24. The van der Waals surface area contributed by atoms with Crippen molar-refractivity contribution in [2.24, 2.45) is 5.92 Å². The van der Waals surface area contributed by atoms with Crippen molar-refractivity contribution in [2.45, 2.75) is 44.0 Å². The molecule has 28 heavy (non-hydrogen) atoms. The van der Waals surface area contributed by atoms with Crippen LogP contribution in [0, 0.1) is 5.92 Å². The quantitative estimate of drug-likeness (QED) is 0.664. The van der Waals surface area contributed by atoms with E-state index < -0.39 is 10.0 Å². The van der Waals surface area contributed by atoms with E-state index >= 15 is 0 Å². The number of amides is 1. The minimum absolute atomic E-state index is 0.162. The molecular weight excluding hydrogens is 398 g/mol. The zero-order chi connectivity index (χ0) is 20.1. The van der Waals surface area contributed by atoms with Crippen LogP contribution in [0.5, 0.6) is 0 Å². The van der Waals surface area contributed by atoms with Gasteiger partial charge < -0.3 is 10.2 Å². The molecule has 2 N–H and O–H groups in total. The van der Waals surface area contributed by atoms with Gasteiger partial charge >= 0.3 is 0 Å². The first-order valence-corrected chi connectivity index (χ1v) is 11.6. The Kier molecular flexibility index (Phi) is 6.63. The van der Waals surface area contributed by atoms with Crippen LogP contribution in [0.15, 0.2) is 28.6 Å². The van der Waals surface area contributed by atoms with Crippen LogP contribution < -0.4 is 14.9 Å². The molecule has 1 aliphatic rings. The van der Waals surface area contributed by atoms with E-state index in [1.165, 1.54) is 18.5 Å². The molecule has 1 aromatic heterocycles. The number of nitrogens with zero attached hydrogens (tertiary/aromatic N) is 3. The summed E-state index contributed by atoms with van der Waals surface area (Å²) in [6.07, 6.45) is 2.75.